The largest absolute Gasteiger partial charge is 0.393 e. The highest BCUT2D eigenvalue weighted by Crippen LogP contribution is 2.73. The van der Waals surface area contributed by atoms with Crippen molar-refractivity contribution in [3.05, 3.63) is 47.3 Å². The molecule has 0 aromatic heterocycles. The number of nitrogens with two attached hydrogens (primary N) is 1. The van der Waals surface area contributed by atoms with Crippen LogP contribution in [0.25, 0.3) is 0 Å². The van der Waals surface area contributed by atoms with Crippen molar-refractivity contribution in [3.63, 3.8) is 0 Å². The fraction of sp³-hybridized carbons (Fsp3) is 0.816. The summed E-state index contributed by atoms with van der Waals surface area (Å²) in [4.78, 5) is 15.3. The summed E-state index contributed by atoms with van der Waals surface area (Å²) in [5, 5.41) is 92.4. The summed E-state index contributed by atoms with van der Waals surface area (Å²) in [5.41, 5.74) is 1.02. The molecule has 1 unspecified atom stereocenters. The average molecular weight is 850 g/mol. The van der Waals surface area contributed by atoms with E-state index in [1.165, 1.54) is 6.42 Å². The van der Waals surface area contributed by atoms with E-state index in [1.807, 2.05) is 25.3 Å². The molecule has 11 N–H and O–H groups in total. The number of aliphatic hydroxyl groups excluding tert-OH is 4. The molecule has 0 aromatic carbocycles. The van der Waals surface area contributed by atoms with Gasteiger partial charge in [-0.1, -0.05) is 51.3 Å². The van der Waals surface area contributed by atoms with Crippen molar-refractivity contribution in [1.29, 1.82) is 0 Å². The number of carbonyl (C=O) groups is 1. The predicted molar refractivity (Wildman–Crippen MR) is 230 cm³/mol. The zero-order chi connectivity index (χ0) is 43.4. The monoisotopic (exact) mass is 850 g/mol. The Labute approximate surface area is 362 Å². The molecule has 2 aliphatic heterocycles. The van der Waals surface area contributed by atoms with E-state index in [1.54, 1.807) is 13.8 Å². The summed E-state index contributed by atoms with van der Waals surface area (Å²) in [6, 6.07) is 0. The van der Waals surface area contributed by atoms with Gasteiger partial charge < -0.3 is 56.8 Å². The van der Waals surface area contributed by atoms with Crippen LogP contribution in [0.2, 0.25) is 0 Å². The Kier molecular flexibility index (Phi) is 11.4. The minimum absolute atomic E-state index is 0.0763. The van der Waals surface area contributed by atoms with Crippen molar-refractivity contribution in [2.24, 2.45) is 63.9 Å². The van der Waals surface area contributed by atoms with Gasteiger partial charge in [0.25, 0.3) is 0 Å². The Balaban J connectivity index is 1.15. The van der Waals surface area contributed by atoms with Gasteiger partial charge in [-0.15, -0.1) is 0 Å². The number of allylic oxidation sites excluding steroid dienone is 5. The van der Waals surface area contributed by atoms with Crippen molar-refractivity contribution in [1.82, 2.24) is 10.6 Å². The number of ether oxygens (including phenoxy) is 1. The van der Waals surface area contributed by atoms with E-state index in [2.05, 4.69) is 29.7 Å². The zero-order valence-electron chi connectivity index (χ0n) is 36.9. The number of hydrogen-bond acceptors (Lipinski definition) is 12. The van der Waals surface area contributed by atoms with E-state index in [9.17, 15) is 35.7 Å². The lowest BCUT2D eigenvalue weighted by molar-refractivity contribution is -0.255. The molecule has 9 rings (SSSR count). The van der Waals surface area contributed by atoms with Crippen LogP contribution in [0.3, 0.4) is 0 Å². The summed E-state index contributed by atoms with van der Waals surface area (Å²) >= 11 is 0. The quantitative estimate of drug-likeness (QED) is 0.159. The molecule has 340 valence electrons. The van der Waals surface area contributed by atoms with Crippen LogP contribution in [0.4, 0.5) is 0 Å². The predicted octanol–water partition coefficient (Wildman–Crippen LogP) is 3.62. The number of fused-ring (bicyclic) bond motifs is 5. The third-order valence-corrected chi connectivity index (χ3v) is 18.8. The lowest BCUT2D eigenvalue weighted by Gasteiger charge is -2.64. The average Bonchev–Trinajstić information content (AvgIpc) is 3.51. The Morgan fingerprint density at radius 3 is 2.49 bits per heavy atom. The van der Waals surface area contributed by atoms with E-state index in [4.69, 9.17) is 10.5 Å². The summed E-state index contributed by atoms with van der Waals surface area (Å²) in [6.45, 7) is 7.73. The van der Waals surface area contributed by atoms with Gasteiger partial charge in [0.05, 0.1) is 59.7 Å². The van der Waals surface area contributed by atoms with Crippen LogP contribution in [0.1, 0.15) is 124 Å². The van der Waals surface area contributed by atoms with E-state index < -0.39 is 75.9 Å². The first kappa shape index (κ1) is 44.1. The second kappa shape index (κ2) is 15.8. The molecule has 0 aromatic rings. The molecule has 6 fully saturated rings. The molecule has 1 saturated heterocycles. The molecule has 9 aliphatic rings. The van der Waals surface area contributed by atoms with Crippen LogP contribution in [0, 0.1) is 58.2 Å². The number of Topliss-reactive ketones (excluding diaryl/α,β-unsaturated/α-hetero) is 1. The van der Waals surface area contributed by atoms with Gasteiger partial charge in [0.1, 0.15) is 5.60 Å². The molecule has 61 heavy (non-hydrogen) atoms. The number of dihydropyridines is 1. The molecule has 12 nitrogen and oxygen atoms in total. The van der Waals surface area contributed by atoms with Gasteiger partial charge in [0.2, 0.25) is 0 Å². The van der Waals surface area contributed by atoms with E-state index in [0.29, 0.717) is 43.6 Å². The Morgan fingerprint density at radius 2 is 1.77 bits per heavy atom. The minimum Gasteiger partial charge on any atom is -0.393 e. The first-order chi connectivity index (χ1) is 28.9. The van der Waals surface area contributed by atoms with Crippen LogP contribution in [-0.4, -0.2) is 108 Å². The molecule has 1 spiro atoms. The molecule has 7 aliphatic carbocycles. The summed E-state index contributed by atoms with van der Waals surface area (Å²) in [7, 11) is 0. The van der Waals surface area contributed by atoms with Crippen LogP contribution < -0.4 is 16.4 Å². The lowest BCUT2D eigenvalue weighted by Crippen LogP contribution is -2.70. The number of ketones is 1. The Bertz CT molecular complexity index is 1830. The summed E-state index contributed by atoms with van der Waals surface area (Å²) in [5.74, 6) is -1.91. The van der Waals surface area contributed by atoms with Crippen molar-refractivity contribution in [2.75, 3.05) is 6.54 Å². The molecule has 2 heterocycles. The van der Waals surface area contributed by atoms with Gasteiger partial charge in [-0.3, -0.25) is 4.79 Å². The van der Waals surface area contributed by atoms with Crippen LogP contribution >= 0.6 is 0 Å². The first-order valence-corrected chi connectivity index (χ1v) is 24.1. The normalized spacial score (nSPS) is 50.6. The molecule has 0 amide bonds. The zero-order valence-corrected chi connectivity index (χ0v) is 36.9. The number of carbonyl (C=O) groups excluding carboxylic acids is 1. The number of nitrogens with one attached hydrogen (secondary N) is 2. The first-order valence-electron chi connectivity index (χ1n) is 24.1. The van der Waals surface area contributed by atoms with Gasteiger partial charge in [-0.25, -0.2) is 0 Å². The van der Waals surface area contributed by atoms with Gasteiger partial charge >= 0.3 is 0 Å². The van der Waals surface area contributed by atoms with Crippen molar-refractivity contribution in [3.8, 4) is 0 Å². The van der Waals surface area contributed by atoms with Crippen molar-refractivity contribution < 1.29 is 45.3 Å². The lowest BCUT2D eigenvalue weighted by atomic mass is 9.41. The van der Waals surface area contributed by atoms with Gasteiger partial charge in [0.15, 0.2) is 5.78 Å². The standard InChI is InChI=1S/C49H75N3O9/c1-5-7-27-9-14-31-36(15-10-27)61-44-39(31)33(54)8-6-18-49(44,60)46(4,58)37-17-19-48(59)41-40-29(21-45(37,48)3)12-11-28(30-13-16-38(50)51-25-30)22-47(40)23-35(56)34(55)20-32(47)43(57)42(41)52-24-26(2)53/h11-13,16,25-29,31-40,44,51-56,58-60H,5-10,14-15,17-24,50H2,1-4H3/t26-,27-,28-,29+,31+,32-,33-,34+,35-,36+,37-,38?,39+,40-,44+,45+,46+,47-,48+,49+/m0/s1. The maximum Gasteiger partial charge on any atom is 0.182 e. The van der Waals surface area contributed by atoms with Gasteiger partial charge in [-0.05, 0) is 143 Å². The Hall–Kier alpha value is -2.13. The maximum absolute atomic E-state index is 15.3. The molecular weight excluding hydrogens is 775 g/mol. The minimum atomic E-state index is -1.77. The van der Waals surface area contributed by atoms with Crippen molar-refractivity contribution in [2.45, 2.75) is 184 Å². The number of rotatable bonds is 8. The van der Waals surface area contributed by atoms with Crippen molar-refractivity contribution >= 4 is 5.78 Å². The highest BCUT2D eigenvalue weighted by atomic mass is 16.5. The van der Waals surface area contributed by atoms with Gasteiger partial charge in [-0.2, -0.15) is 0 Å². The second-order valence-electron chi connectivity index (χ2n) is 22.0. The SMILES string of the molecule is CCC[C@H]1CC[C@H]2[C@H]3[C@@H](O[C@@H]2CC1)[C@@](O)([C@](C)(O)[C@H]1CC[C@@]2(O)C4=C(NC[C@H](C)O)C(=O)[C@@H]5C[C@@H](O)[C@@H](O)C[C@@]56C[C@@H](C5=CNC(N)C=C5)C=C[C@H](C[C@]12C)[C@@H]46)CCC[C@@H]3O. The Morgan fingerprint density at radius 1 is 1.00 bits per heavy atom. The van der Waals surface area contributed by atoms with Gasteiger partial charge in [0, 0.05) is 35.9 Å². The van der Waals surface area contributed by atoms with Crippen LogP contribution in [0.15, 0.2) is 47.3 Å². The highest BCUT2D eigenvalue weighted by Gasteiger charge is 2.75. The topological polar surface area (TPSA) is 218 Å². The fourth-order valence-electron chi connectivity index (χ4n) is 15.9. The molecule has 12 heteroatoms. The van der Waals surface area contributed by atoms with E-state index >= 15 is 4.79 Å². The highest BCUT2D eigenvalue weighted by molar-refractivity contribution is 6.00. The molecule has 0 bridgehead atoms. The fourth-order valence-corrected chi connectivity index (χ4v) is 15.9. The molecular formula is C49H75N3O9. The van der Waals surface area contributed by atoms with E-state index in [0.717, 1.165) is 37.7 Å². The third-order valence-electron chi connectivity index (χ3n) is 18.8. The molecule has 5 saturated carbocycles. The van der Waals surface area contributed by atoms with Crippen LogP contribution in [-0.2, 0) is 9.53 Å². The number of aliphatic hydroxyl groups is 7. The molecule has 20 atom stereocenters. The van der Waals surface area contributed by atoms with Crippen LogP contribution in [0.5, 0.6) is 0 Å². The third kappa shape index (κ3) is 6.65. The second-order valence-corrected chi connectivity index (χ2v) is 22.0. The summed E-state index contributed by atoms with van der Waals surface area (Å²) < 4.78 is 6.99. The smallest absolute Gasteiger partial charge is 0.182 e. The van der Waals surface area contributed by atoms with E-state index in [-0.39, 0.29) is 79.6 Å². The number of hydrogen-bond donors (Lipinski definition) is 10. The molecule has 0 radical (unpaired) electrons. The summed E-state index contributed by atoms with van der Waals surface area (Å²) in [6.07, 6.45) is 14.8. The maximum atomic E-state index is 15.3.